The van der Waals surface area contributed by atoms with Gasteiger partial charge < -0.3 is 20.3 Å². The molecule has 1 fully saturated rings. The van der Waals surface area contributed by atoms with E-state index >= 15 is 4.39 Å². The van der Waals surface area contributed by atoms with Crippen molar-refractivity contribution < 1.29 is 27.1 Å². The van der Waals surface area contributed by atoms with Crippen molar-refractivity contribution in [2.75, 3.05) is 23.3 Å². The summed E-state index contributed by atoms with van der Waals surface area (Å²) in [6.45, 7) is 5.12. The second kappa shape index (κ2) is 13.3. The van der Waals surface area contributed by atoms with Gasteiger partial charge in [-0.1, -0.05) is 18.2 Å². The van der Waals surface area contributed by atoms with E-state index in [-0.39, 0.29) is 16.6 Å². The molecule has 1 aliphatic heterocycles. The molecule has 1 aromatic heterocycles. The molecule has 13 heteroatoms. The third-order valence-corrected chi connectivity index (χ3v) is 7.88. The molecular weight excluding hydrogens is 563 g/mol. The molecule has 11 nitrogen and oxygen atoms in total. The van der Waals surface area contributed by atoms with E-state index in [0.29, 0.717) is 18.2 Å². The minimum atomic E-state index is -4.11. The normalized spacial score (nSPS) is 16.4. The molecule has 0 radical (unpaired) electrons. The van der Waals surface area contributed by atoms with Crippen LogP contribution in [0.15, 0.2) is 71.9 Å². The second-order valence-electron chi connectivity index (χ2n) is 10.8. The number of hydrogen-bond donors (Lipinski definition) is 3. The largest absolute Gasteiger partial charge is 0.459 e. The molecule has 0 spiro atoms. The van der Waals surface area contributed by atoms with Gasteiger partial charge in [0.05, 0.1) is 10.6 Å². The maximum Gasteiger partial charge on any atom is 0.326 e. The van der Waals surface area contributed by atoms with Crippen molar-refractivity contribution in [3.63, 3.8) is 0 Å². The van der Waals surface area contributed by atoms with E-state index in [1.165, 1.54) is 24.3 Å². The van der Waals surface area contributed by atoms with Gasteiger partial charge in [0.15, 0.2) is 0 Å². The summed E-state index contributed by atoms with van der Waals surface area (Å²) < 4.78 is 48.9. The summed E-state index contributed by atoms with van der Waals surface area (Å²) in [6.07, 6.45) is 5.59. The number of nitrogens with zero attached hydrogens (tertiary/aromatic N) is 3. The topological polar surface area (TPSA) is 143 Å². The first-order valence-electron chi connectivity index (χ1n) is 13.6. The Hall–Kier alpha value is -4.10. The number of piperidine rings is 1. The van der Waals surface area contributed by atoms with E-state index in [4.69, 9.17) is 4.74 Å². The van der Waals surface area contributed by atoms with E-state index < -0.39 is 45.9 Å². The number of benzene rings is 2. The first-order chi connectivity index (χ1) is 19.9. The van der Waals surface area contributed by atoms with Gasteiger partial charge in [-0.15, -0.1) is 0 Å². The van der Waals surface area contributed by atoms with Crippen molar-refractivity contribution >= 4 is 33.5 Å². The first kappa shape index (κ1) is 30.8. The van der Waals surface area contributed by atoms with Crippen molar-refractivity contribution in [2.45, 2.75) is 62.7 Å². The quantitative estimate of drug-likeness (QED) is 0.299. The number of amides is 1. The van der Waals surface area contributed by atoms with Crippen LogP contribution in [0.4, 0.5) is 16.0 Å². The van der Waals surface area contributed by atoms with Crippen molar-refractivity contribution in [2.24, 2.45) is 0 Å². The maximum atomic E-state index is 15.4. The van der Waals surface area contributed by atoms with Crippen LogP contribution in [0, 0.1) is 5.82 Å². The Kier molecular flexibility index (Phi) is 9.74. The van der Waals surface area contributed by atoms with Crippen molar-refractivity contribution in [3.05, 3.63) is 78.4 Å². The zero-order chi connectivity index (χ0) is 30.3. The molecule has 1 amide bonds. The minimum absolute atomic E-state index is 0.0121. The van der Waals surface area contributed by atoms with Gasteiger partial charge in [0.1, 0.15) is 23.6 Å². The number of ether oxygens (including phenoxy) is 1. The lowest BCUT2D eigenvalue weighted by molar-refractivity contribution is -0.156. The summed E-state index contributed by atoms with van der Waals surface area (Å²) in [5.74, 6) is -1.71. The molecule has 42 heavy (non-hydrogen) atoms. The predicted octanol–water partition coefficient (Wildman–Crippen LogP) is 3.46. The lowest BCUT2D eigenvalue weighted by Gasteiger charge is -2.38. The van der Waals surface area contributed by atoms with Crippen molar-refractivity contribution in [1.82, 2.24) is 20.0 Å². The first-order valence-corrected chi connectivity index (χ1v) is 15.1. The van der Waals surface area contributed by atoms with Crippen LogP contribution in [0.5, 0.6) is 0 Å². The maximum absolute atomic E-state index is 15.4. The van der Waals surface area contributed by atoms with Crippen LogP contribution in [0.2, 0.25) is 0 Å². The number of sulfonamides is 1. The minimum Gasteiger partial charge on any atom is -0.459 e. The molecule has 0 unspecified atom stereocenters. The number of rotatable bonds is 10. The number of halogens is 1. The number of aromatic nitrogens is 2. The highest BCUT2D eigenvalue weighted by molar-refractivity contribution is 7.89. The van der Waals surface area contributed by atoms with Gasteiger partial charge in [-0.3, -0.25) is 9.59 Å². The van der Waals surface area contributed by atoms with Crippen LogP contribution in [-0.2, 0) is 19.6 Å². The van der Waals surface area contributed by atoms with E-state index in [2.05, 4.69) is 25.3 Å². The number of carbonyl (C=O) groups is 2. The van der Waals surface area contributed by atoms with E-state index in [1.54, 1.807) is 57.4 Å². The van der Waals surface area contributed by atoms with E-state index in [1.807, 2.05) is 4.90 Å². The second-order valence-corrected chi connectivity index (χ2v) is 12.5. The van der Waals surface area contributed by atoms with Crippen LogP contribution in [-0.4, -0.2) is 61.2 Å². The van der Waals surface area contributed by atoms with Gasteiger partial charge in [0.25, 0.3) is 5.91 Å². The summed E-state index contributed by atoms with van der Waals surface area (Å²) in [5, 5.41) is 5.77. The van der Waals surface area contributed by atoms with Gasteiger partial charge >= 0.3 is 5.97 Å². The smallest absolute Gasteiger partial charge is 0.326 e. The molecule has 1 aliphatic rings. The summed E-state index contributed by atoms with van der Waals surface area (Å²) in [5.41, 5.74) is -0.565. The highest BCUT2D eigenvalue weighted by Crippen LogP contribution is 2.28. The fourth-order valence-electron chi connectivity index (χ4n) is 4.47. The number of hydrogen-bond acceptors (Lipinski definition) is 9. The van der Waals surface area contributed by atoms with Gasteiger partial charge in [0.2, 0.25) is 16.0 Å². The Morgan fingerprint density at radius 1 is 1.07 bits per heavy atom. The molecule has 4 rings (SSSR count). The number of anilines is 2. The lowest BCUT2D eigenvalue weighted by atomic mass is 10.1. The zero-order valence-corrected chi connectivity index (χ0v) is 24.5. The van der Waals surface area contributed by atoms with E-state index in [0.717, 1.165) is 25.3 Å². The van der Waals surface area contributed by atoms with Gasteiger partial charge in [-0.25, -0.2) is 22.8 Å². The van der Waals surface area contributed by atoms with Crippen LogP contribution < -0.4 is 20.3 Å². The molecule has 0 bridgehead atoms. The Morgan fingerprint density at radius 3 is 2.45 bits per heavy atom. The fraction of sp³-hybridized carbons (Fsp3) is 0.379. The van der Waals surface area contributed by atoms with Crippen LogP contribution in [0.1, 0.15) is 50.4 Å². The number of esters is 1. The van der Waals surface area contributed by atoms with Gasteiger partial charge in [-0.05, 0) is 76.4 Å². The lowest BCUT2D eigenvalue weighted by Crippen LogP contribution is -2.50. The molecule has 3 aromatic rings. The number of nitrogens with one attached hydrogen (secondary N) is 3. The highest BCUT2D eigenvalue weighted by Gasteiger charge is 2.31. The highest BCUT2D eigenvalue weighted by atomic mass is 32.2. The Labute approximate surface area is 244 Å². The predicted molar refractivity (Wildman–Crippen MR) is 156 cm³/mol. The standard InChI is InChI=1S/C29H35FN6O5S/c1-29(2,3)41-27(38)23(35-42(39,40)21-10-5-4-6-11-21)19-33-26(37)20-13-14-24(22(30)18-20)36-17-8-7-12-25(36)34-28-31-15-9-16-32-28/h4-6,9-11,13-16,18,23,25,35H,7-8,12,17,19H2,1-3H3,(H,33,37)(H,31,32,34)/t23-,25+/m0/s1. The van der Waals surface area contributed by atoms with Crippen LogP contribution in [0.3, 0.4) is 0 Å². The third-order valence-electron chi connectivity index (χ3n) is 6.39. The Balaban J connectivity index is 1.47. The fourth-order valence-corrected chi connectivity index (χ4v) is 5.68. The third kappa shape index (κ3) is 8.23. The van der Waals surface area contributed by atoms with Crippen LogP contribution >= 0.6 is 0 Å². The average Bonchev–Trinajstić information content (AvgIpc) is 2.95. The van der Waals surface area contributed by atoms with Crippen molar-refractivity contribution in [3.8, 4) is 0 Å². The monoisotopic (exact) mass is 598 g/mol. The Morgan fingerprint density at radius 2 is 1.79 bits per heavy atom. The molecule has 0 aliphatic carbocycles. The summed E-state index contributed by atoms with van der Waals surface area (Å²) >= 11 is 0. The molecule has 0 saturated carbocycles. The average molecular weight is 599 g/mol. The van der Waals surface area contributed by atoms with Gasteiger partial charge in [-0.2, -0.15) is 4.72 Å². The van der Waals surface area contributed by atoms with E-state index in [9.17, 15) is 18.0 Å². The van der Waals surface area contributed by atoms with Crippen LogP contribution in [0.25, 0.3) is 0 Å². The molecule has 2 aromatic carbocycles. The summed E-state index contributed by atoms with van der Waals surface area (Å²) in [4.78, 5) is 36.1. The summed E-state index contributed by atoms with van der Waals surface area (Å²) in [7, 11) is -4.11. The molecule has 1 saturated heterocycles. The molecular formula is C29H35FN6O5S. The summed E-state index contributed by atoms with van der Waals surface area (Å²) in [6, 6.07) is 11.9. The SMILES string of the molecule is CC(C)(C)OC(=O)[C@H](CNC(=O)c1ccc(N2CCCC[C@@H]2Nc2ncccn2)c(F)c1)NS(=O)(=O)c1ccccc1. The molecule has 2 atom stereocenters. The Bertz CT molecular complexity index is 1490. The molecule has 224 valence electrons. The van der Waals surface area contributed by atoms with Gasteiger partial charge in [0, 0.05) is 31.0 Å². The number of carbonyl (C=O) groups excluding carboxylic acids is 2. The van der Waals surface area contributed by atoms with Crippen molar-refractivity contribution in [1.29, 1.82) is 0 Å². The zero-order valence-electron chi connectivity index (χ0n) is 23.7. The molecule has 3 N–H and O–H groups in total. The molecule has 2 heterocycles.